The number of anilines is 2. The zero-order valence-corrected chi connectivity index (χ0v) is 61.6. The van der Waals surface area contributed by atoms with Gasteiger partial charge in [0.25, 0.3) is 23.6 Å². The van der Waals surface area contributed by atoms with Crippen LogP contribution < -0.4 is 48.5 Å². The molecule has 2 N–H and O–H groups in total. The standard InChI is InChI=1S/C90H68N4O20/c1-103-55-25-13-29-59(37-55)111-71-41-65-75-66(86(98)93(85(65)97)69(33-49-17-7-5-8-18-49)83(95)91-53-23-11-21-51(35-53)89(101)109-47-63-45-107-63)43-73(113-61-31-15-27-57(39-61)105-3)79-80-74(114-62-32-16-28-58(40-62)106-4)44-68-76-67(42-72(78(82(76)80)77(71)81(75)79)112-60-30-14-26-56(38-60)104-2)87(99)94(88(68)100)70(34-50-19-9-6-10-20-50)84(96)92-54-24-12-22-52(36-54)90(102)110-48-64-46-108-64/h5-32,35-44,63-64,69-70H,33-34,45-48H2,1-4H3,(H,91,95)(H,92,96). The molecule has 0 radical (unpaired) electrons. The van der Waals surface area contributed by atoms with Crippen molar-refractivity contribution in [1.29, 1.82) is 0 Å². The molecular weight excluding hydrogens is 1460 g/mol. The van der Waals surface area contributed by atoms with Gasteiger partial charge in [-0.15, -0.1) is 0 Å². The molecule has 13 aromatic carbocycles. The molecule has 0 aliphatic carbocycles. The summed E-state index contributed by atoms with van der Waals surface area (Å²) in [5.41, 5.74) is 1.13. The second-order valence-electron chi connectivity index (χ2n) is 27.4. The summed E-state index contributed by atoms with van der Waals surface area (Å²) in [5.74, 6) is -4.76. The first kappa shape index (κ1) is 72.5. The fourth-order valence-electron chi connectivity index (χ4n) is 14.6. The van der Waals surface area contributed by atoms with Crippen molar-refractivity contribution in [2.24, 2.45) is 0 Å². The van der Waals surface area contributed by atoms with Crippen LogP contribution in [0.1, 0.15) is 73.3 Å². The van der Waals surface area contributed by atoms with Gasteiger partial charge in [0, 0.05) is 91.6 Å². The fraction of sp³-hybridized carbons (Fsp3) is 0.156. The number of nitrogens with zero attached hydrogens (tertiary/aromatic N) is 2. The van der Waals surface area contributed by atoms with Gasteiger partial charge in [0.15, 0.2) is 0 Å². The van der Waals surface area contributed by atoms with Crippen molar-refractivity contribution in [1.82, 2.24) is 9.80 Å². The number of fused-ring (bicyclic) bond motifs is 2. The predicted octanol–water partition coefficient (Wildman–Crippen LogP) is 15.7. The second kappa shape index (κ2) is 30.5. The van der Waals surface area contributed by atoms with E-state index in [2.05, 4.69) is 10.6 Å². The minimum absolute atomic E-state index is 0.0310. The van der Waals surface area contributed by atoms with E-state index >= 15 is 28.8 Å². The van der Waals surface area contributed by atoms with Gasteiger partial charge in [0.2, 0.25) is 11.8 Å². The molecule has 4 atom stereocenters. The van der Waals surface area contributed by atoms with Gasteiger partial charge in [-0.05, 0) is 120 Å². The first-order chi connectivity index (χ1) is 55.6. The van der Waals surface area contributed by atoms with Gasteiger partial charge in [-0.3, -0.25) is 38.6 Å². The Balaban J connectivity index is 0.946. The third-order valence-corrected chi connectivity index (χ3v) is 20.1. The van der Waals surface area contributed by atoms with E-state index in [-0.39, 0.29) is 172 Å². The summed E-state index contributed by atoms with van der Waals surface area (Å²) < 4.78 is 73.6. The summed E-state index contributed by atoms with van der Waals surface area (Å²) in [6.07, 6.45) is -0.861. The summed E-state index contributed by atoms with van der Waals surface area (Å²) in [6, 6.07) is 59.3. The molecule has 2 fully saturated rings. The molecule has 6 amide bonds. The number of carbonyl (C=O) groups excluding carboxylic acids is 8. The zero-order chi connectivity index (χ0) is 78.4. The van der Waals surface area contributed by atoms with E-state index in [1.54, 1.807) is 182 Å². The molecule has 17 rings (SSSR count). The number of rotatable bonds is 28. The molecular formula is C90H68N4O20. The molecule has 24 nitrogen and oxygen atoms in total. The molecule has 0 bridgehead atoms. The van der Waals surface area contributed by atoms with Crippen LogP contribution in [0, 0.1) is 0 Å². The van der Waals surface area contributed by atoms with Crippen LogP contribution >= 0.6 is 0 Å². The summed E-state index contributed by atoms with van der Waals surface area (Å²) in [6.45, 7) is 0.971. The van der Waals surface area contributed by atoms with E-state index in [9.17, 15) is 9.59 Å². The number of esters is 2. The lowest BCUT2D eigenvalue weighted by Gasteiger charge is -2.36. The molecule has 0 aromatic heterocycles. The number of amides is 6. The largest absolute Gasteiger partial charge is 0.497 e. The second-order valence-corrected chi connectivity index (χ2v) is 27.4. The summed E-state index contributed by atoms with van der Waals surface area (Å²) in [4.78, 5) is 127. The van der Waals surface area contributed by atoms with E-state index in [0.29, 0.717) is 47.3 Å². The van der Waals surface area contributed by atoms with Crippen molar-refractivity contribution in [3.63, 3.8) is 0 Å². The quantitative estimate of drug-likeness (QED) is 0.0151. The van der Waals surface area contributed by atoms with Gasteiger partial charge in [0.1, 0.15) is 106 Å². The Morgan fingerprint density at radius 1 is 0.351 bits per heavy atom. The number of carbonyl (C=O) groups is 8. The fourth-order valence-corrected chi connectivity index (χ4v) is 14.6. The Hall–Kier alpha value is -14.4. The molecule has 4 heterocycles. The first-order valence-corrected chi connectivity index (χ1v) is 36.5. The number of hydrogen-bond donors (Lipinski definition) is 2. The molecule has 4 aliphatic rings. The van der Waals surface area contributed by atoms with Gasteiger partial charge in [-0.25, -0.2) is 9.59 Å². The summed E-state index contributed by atoms with van der Waals surface area (Å²) >= 11 is 0. The predicted molar refractivity (Wildman–Crippen MR) is 419 cm³/mol. The Morgan fingerprint density at radius 3 is 0.930 bits per heavy atom. The summed E-state index contributed by atoms with van der Waals surface area (Å²) in [7, 11) is 5.94. The van der Waals surface area contributed by atoms with Crippen LogP contribution in [0.2, 0.25) is 0 Å². The minimum atomic E-state index is -1.62. The Bertz CT molecular complexity index is 5490. The normalized spacial score (nSPS) is 15.1. The highest BCUT2D eigenvalue weighted by molar-refractivity contribution is 6.45. The van der Waals surface area contributed by atoms with Gasteiger partial charge < -0.3 is 67.5 Å². The highest BCUT2D eigenvalue weighted by Gasteiger charge is 2.47. The van der Waals surface area contributed by atoms with E-state index in [1.165, 1.54) is 77.0 Å². The average molecular weight is 1530 g/mol. The maximum atomic E-state index is 16.7. The number of ether oxygens (including phenoxy) is 12. The van der Waals surface area contributed by atoms with Crippen LogP contribution in [-0.4, -0.2) is 136 Å². The van der Waals surface area contributed by atoms with E-state index in [4.69, 9.17) is 56.8 Å². The van der Waals surface area contributed by atoms with E-state index < -0.39 is 59.5 Å². The van der Waals surface area contributed by atoms with Gasteiger partial charge in [-0.1, -0.05) is 97.1 Å². The molecule has 4 aliphatic heterocycles. The van der Waals surface area contributed by atoms with Crippen molar-refractivity contribution in [2.75, 3.05) is 65.5 Å². The Labute approximate surface area is 650 Å². The maximum Gasteiger partial charge on any atom is 0.338 e. The highest BCUT2D eigenvalue weighted by Crippen LogP contribution is 2.58. The first-order valence-electron chi connectivity index (χ1n) is 36.5. The molecule has 4 unspecified atom stereocenters. The van der Waals surface area contributed by atoms with Crippen LogP contribution in [0.25, 0.3) is 43.1 Å². The number of epoxide rings is 2. The van der Waals surface area contributed by atoms with Gasteiger partial charge in [-0.2, -0.15) is 0 Å². The molecule has 2 saturated heterocycles. The van der Waals surface area contributed by atoms with Crippen molar-refractivity contribution in [3.05, 3.63) is 275 Å². The lowest BCUT2D eigenvalue weighted by Crippen LogP contribution is -2.53. The van der Waals surface area contributed by atoms with E-state index in [0.717, 1.165) is 9.80 Å². The number of benzene rings is 13. The SMILES string of the molecule is COc1cccc(Oc2cc3c4c(cc(Oc5cccc(OC)c5)c5c6c(Oc7cccc(OC)c7)cc7c8c(cc(Oc9cccc(OC)c9)c(c2c45)c86)C(=O)N(C(Cc2ccccc2)C(=O)Nc2cccc(C(=O)OCC4CO4)c2)C7=O)C(=O)N(C(Cc2ccccc2)C(=O)Nc2cccc(C(=O)OCC4CO4)c2)C3=O)c1. The maximum absolute atomic E-state index is 16.7. The Kier molecular flexibility index (Phi) is 19.4. The Morgan fingerprint density at radius 2 is 0.640 bits per heavy atom. The van der Waals surface area contributed by atoms with Crippen LogP contribution in [0.4, 0.5) is 11.4 Å². The number of nitrogens with one attached hydrogen (secondary N) is 2. The molecule has 0 saturated carbocycles. The van der Waals surface area contributed by atoms with Crippen molar-refractivity contribution in [3.8, 4) is 69.0 Å². The lowest BCUT2D eigenvalue weighted by atomic mass is 9.80. The van der Waals surface area contributed by atoms with Crippen molar-refractivity contribution < 1.29 is 95.2 Å². The van der Waals surface area contributed by atoms with Crippen molar-refractivity contribution in [2.45, 2.75) is 37.1 Å². The van der Waals surface area contributed by atoms with Crippen LogP contribution in [-0.2, 0) is 41.4 Å². The topological polar surface area (TPSA) is 284 Å². The third kappa shape index (κ3) is 14.2. The number of hydrogen-bond acceptors (Lipinski definition) is 20. The molecule has 13 aromatic rings. The number of methoxy groups -OCH3 is 4. The average Bonchev–Trinajstić information content (AvgIpc) is 1.07. The van der Waals surface area contributed by atoms with Crippen LogP contribution in [0.3, 0.4) is 0 Å². The molecule has 24 heteroatoms. The number of imide groups is 2. The van der Waals surface area contributed by atoms with Gasteiger partial charge in [0.05, 0.1) is 75.0 Å². The van der Waals surface area contributed by atoms with Gasteiger partial charge >= 0.3 is 11.9 Å². The highest BCUT2D eigenvalue weighted by atomic mass is 16.6. The zero-order valence-electron chi connectivity index (χ0n) is 61.6. The third-order valence-electron chi connectivity index (χ3n) is 20.1. The van der Waals surface area contributed by atoms with Crippen LogP contribution in [0.5, 0.6) is 69.0 Å². The van der Waals surface area contributed by atoms with Crippen molar-refractivity contribution >= 4 is 102 Å². The molecule has 0 spiro atoms. The van der Waals surface area contributed by atoms with Crippen LogP contribution in [0.15, 0.2) is 231 Å². The lowest BCUT2D eigenvalue weighted by molar-refractivity contribution is -0.120. The monoisotopic (exact) mass is 1520 g/mol. The minimum Gasteiger partial charge on any atom is -0.497 e. The molecule has 114 heavy (non-hydrogen) atoms. The van der Waals surface area contributed by atoms with E-state index in [1.807, 2.05) is 0 Å². The molecule has 568 valence electrons. The smallest absolute Gasteiger partial charge is 0.338 e. The summed E-state index contributed by atoms with van der Waals surface area (Å²) in [5, 5.41) is 6.72.